The Morgan fingerprint density at radius 2 is 2.03 bits per heavy atom. The van der Waals surface area contributed by atoms with E-state index in [9.17, 15) is 4.79 Å². The third-order valence-electron chi connectivity index (χ3n) is 5.12. The van der Waals surface area contributed by atoms with Crippen LogP contribution in [0.2, 0.25) is 0 Å². The minimum Gasteiger partial charge on any atom is -0.473 e. The number of ether oxygens (including phenoxy) is 2. The number of fused-ring (bicyclic) bond motifs is 1. The molecular weight excluding hydrogens is 390 g/mol. The number of methoxy groups -OCH3 is 1. The predicted molar refractivity (Wildman–Crippen MR) is 112 cm³/mol. The third kappa shape index (κ3) is 4.01. The molecule has 0 radical (unpaired) electrons. The smallest absolute Gasteiger partial charge is 0.348 e. The molecule has 0 aromatic carbocycles. The molecule has 3 heterocycles. The number of rotatable bonds is 5. The Balaban J connectivity index is 1.64. The number of nitrogens with two attached hydrogens (primary N) is 1. The van der Waals surface area contributed by atoms with Gasteiger partial charge in [0, 0.05) is 12.2 Å². The maximum Gasteiger partial charge on any atom is 0.348 e. The van der Waals surface area contributed by atoms with Crippen LogP contribution in [-0.2, 0) is 4.74 Å². The lowest BCUT2D eigenvalue weighted by Gasteiger charge is -2.27. The van der Waals surface area contributed by atoms with Gasteiger partial charge < -0.3 is 20.5 Å². The zero-order valence-corrected chi connectivity index (χ0v) is 17.2. The van der Waals surface area contributed by atoms with Crippen LogP contribution in [0.15, 0.2) is 24.7 Å². The van der Waals surface area contributed by atoms with E-state index in [4.69, 9.17) is 15.2 Å². The van der Waals surface area contributed by atoms with E-state index in [1.165, 1.54) is 24.8 Å². The first kappa shape index (κ1) is 19.5. The maximum absolute atomic E-state index is 12.1. The third-order valence-corrected chi connectivity index (χ3v) is 6.30. The summed E-state index contributed by atoms with van der Waals surface area (Å²) in [6.45, 7) is 1.87. The van der Waals surface area contributed by atoms with Crippen molar-refractivity contribution in [3.05, 3.63) is 35.1 Å². The Morgan fingerprint density at radius 1 is 1.24 bits per heavy atom. The zero-order valence-electron chi connectivity index (χ0n) is 16.3. The lowest BCUT2D eigenvalue weighted by Crippen LogP contribution is -2.31. The number of carbonyl (C=O) groups is 1. The van der Waals surface area contributed by atoms with Crippen molar-refractivity contribution < 1.29 is 14.3 Å². The van der Waals surface area contributed by atoms with Crippen LogP contribution in [0, 0.1) is 6.92 Å². The van der Waals surface area contributed by atoms with Crippen molar-refractivity contribution in [2.45, 2.75) is 44.8 Å². The summed E-state index contributed by atoms with van der Waals surface area (Å²) in [6, 6.07) is 3.99. The fourth-order valence-electron chi connectivity index (χ4n) is 3.53. The van der Waals surface area contributed by atoms with Crippen LogP contribution in [0.25, 0.3) is 10.2 Å². The van der Waals surface area contributed by atoms with Crippen molar-refractivity contribution in [1.82, 2.24) is 15.0 Å². The number of nitrogens with one attached hydrogen (secondary N) is 1. The van der Waals surface area contributed by atoms with Gasteiger partial charge in [-0.25, -0.2) is 19.7 Å². The van der Waals surface area contributed by atoms with Crippen molar-refractivity contribution >= 4 is 39.0 Å². The highest BCUT2D eigenvalue weighted by Gasteiger charge is 2.23. The van der Waals surface area contributed by atoms with Gasteiger partial charge in [-0.2, -0.15) is 0 Å². The second-order valence-corrected chi connectivity index (χ2v) is 8.09. The molecule has 0 atom stereocenters. The molecule has 4 rings (SSSR count). The van der Waals surface area contributed by atoms with Crippen molar-refractivity contribution in [3.8, 4) is 5.88 Å². The molecule has 8 nitrogen and oxygen atoms in total. The van der Waals surface area contributed by atoms with Crippen LogP contribution >= 0.6 is 11.3 Å². The van der Waals surface area contributed by atoms with Crippen molar-refractivity contribution in [1.29, 1.82) is 0 Å². The number of esters is 1. The molecule has 0 spiro atoms. The number of hydrogen-bond donors (Lipinski definition) is 2. The predicted octanol–water partition coefficient (Wildman–Crippen LogP) is 3.57. The average Bonchev–Trinajstić information content (AvgIpc) is 3.08. The lowest BCUT2D eigenvalue weighted by atomic mass is 9.94. The first-order chi connectivity index (χ1) is 14.1. The molecule has 1 fully saturated rings. The second kappa shape index (κ2) is 8.30. The number of pyridine rings is 1. The normalized spacial score (nSPS) is 19.1. The van der Waals surface area contributed by atoms with Crippen LogP contribution in [0.3, 0.4) is 0 Å². The lowest BCUT2D eigenvalue weighted by molar-refractivity contribution is 0.0605. The SMILES string of the molecule is COC(=O)c1sc2ncnc(Nc3cccnc3O[C@H]3CC[C@H](N)CC3)c2c1C. The molecule has 0 bridgehead atoms. The molecule has 0 amide bonds. The molecular formula is C20H23N5O3S. The summed E-state index contributed by atoms with van der Waals surface area (Å²) in [5, 5.41) is 4.10. The number of anilines is 2. The molecule has 1 aliphatic rings. The zero-order chi connectivity index (χ0) is 20.4. The van der Waals surface area contributed by atoms with Crippen molar-refractivity contribution in [3.63, 3.8) is 0 Å². The van der Waals surface area contributed by atoms with E-state index in [0.29, 0.717) is 27.1 Å². The molecule has 152 valence electrons. The first-order valence-electron chi connectivity index (χ1n) is 9.53. The maximum atomic E-state index is 12.1. The van der Waals surface area contributed by atoms with Gasteiger partial charge in [-0.05, 0) is 50.3 Å². The summed E-state index contributed by atoms with van der Waals surface area (Å²) in [5.41, 5.74) is 7.49. The van der Waals surface area contributed by atoms with E-state index >= 15 is 0 Å². The van der Waals surface area contributed by atoms with Gasteiger partial charge in [0.2, 0.25) is 5.88 Å². The first-order valence-corrected chi connectivity index (χ1v) is 10.3. The quantitative estimate of drug-likeness (QED) is 0.611. The molecule has 0 unspecified atom stereocenters. The molecule has 1 saturated carbocycles. The van der Waals surface area contributed by atoms with Crippen LogP contribution in [0.1, 0.15) is 40.9 Å². The monoisotopic (exact) mass is 413 g/mol. The molecule has 29 heavy (non-hydrogen) atoms. The highest BCUT2D eigenvalue weighted by atomic mass is 32.1. The highest BCUT2D eigenvalue weighted by molar-refractivity contribution is 7.20. The van der Waals surface area contributed by atoms with E-state index in [0.717, 1.165) is 36.6 Å². The second-order valence-electron chi connectivity index (χ2n) is 7.09. The fourth-order valence-corrected chi connectivity index (χ4v) is 4.59. The summed E-state index contributed by atoms with van der Waals surface area (Å²) in [5.74, 6) is 0.751. The van der Waals surface area contributed by atoms with Gasteiger partial charge in [0.25, 0.3) is 0 Å². The van der Waals surface area contributed by atoms with Gasteiger partial charge in [-0.1, -0.05) is 0 Å². The molecule has 0 saturated heterocycles. The number of aryl methyl sites for hydroxylation is 1. The topological polar surface area (TPSA) is 112 Å². The van der Waals surface area contributed by atoms with E-state index < -0.39 is 0 Å². The summed E-state index contributed by atoms with van der Waals surface area (Å²) in [7, 11) is 1.37. The van der Waals surface area contributed by atoms with Crippen LogP contribution in [0.4, 0.5) is 11.5 Å². The number of aromatic nitrogens is 3. The molecule has 3 aromatic heterocycles. The van der Waals surface area contributed by atoms with Gasteiger partial charge in [0.1, 0.15) is 33.6 Å². The fraction of sp³-hybridized carbons (Fsp3) is 0.400. The number of nitrogens with zero attached hydrogens (tertiary/aromatic N) is 3. The van der Waals surface area contributed by atoms with Crippen LogP contribution in [0.5, 0.6) is 5.88 Å². The van der Waals surface area contributed by atoms with Crippen molar-refractivity contribution in [2.24, 2.45) is 5.73 Å². The number of hydrogen-bond acceptors (Lipinski definition) is 9. The van der Waals surface area contributed by atoms with Crippen molar-refractivity contribution in [2.75, 3.05) is 12.4 Å². The Bertz CT molecular complexity index is 1030. The Labute approximate surface area is 172 Å². The summed E-state index contributed by atoms with van der Waals surface area (Å²) < 4.78 is 11.0. The van der Waals surface area contributed by atoms with Gasteiger partial charge in [0.05, 0.1) is 12.5 Å². The molecule has 3 N–H and O–H groups in total. The molecule has 3 aromatic rings. The molecule has 9 heteroatoms. The summed E-state index contributed by atoms with van der Waals surface area (Å²) in [6.07, 6.45) is 7.03. The van der Waals surface area contributed by atoms with E-state index in [1.807, 2.05) is 19.1 Å². The average molecular weight is 414 g/mol. The van der Waals surface area contributed by atoms with Gasteiger partial charge in [-0.15, -0.1) is 11.3 Å². The minimum absolute atomic E-state index is 0.101. The molecule has 1 aliphatic carbocycles. The van der Waals surface area contributed by atoms with Gasteiger partial charge in [-0.3, -0.25) is 0 Å². The Kier molecular flexibility index (Phi) is 5.59. The van der Waals surface area contributed by atoms with Crippen LogP contribution < -0.4 is 15.8 Å². The van der Waals surface area contributed by atoms with Gasteiger partial charge in [0.15, 0.2) is 0 Å². The minimum atomic E-state index is -0.377. The largest absolute Gasteiger partial charge is 0.473 e. The number of carbonyl (C=O) groups excluding carboxylic acids is 1. The van der Waals surface area contributed by atoms with Crippen LogP contribution in [-0.4, -0.2) is 40.2 Å². The summed E-state index contributed by atoms with van der Waals surface area (Å²) in [4.78, 5) is 26.4. The Hall–Kier alpha value is -2.78. The highest BCUT2D eigenvalue weighted by Crippen LogP contribution is 2.36. The standard InChI is InChI=1S/C20H23N5O3S/c1-11-15-17(23-10-24-19(15)29-16(11)20(26)27-2)25-14-4-3-9-22-18(14)28-13-7-5-12(21)6-8-13/h3-4,9-10,12-13H,5-8,21H2,1-2H3,(H,23,24,25)/t12-,13-. The van der Waals surface area contributed by atoms with E-state index in [-0.39, 0.29) is 18.1 Å². The molecule has 0 aliphatic heterocycles. The van der Waals surface area contributed by atoms with E-state index in [1.54, 1.807) is 6.20 Å². The van der Waals surface area contributed by atoms with Gasteiger partial charge >= 0.3 is 5.97 Å². The van der Waals surface area contributed by atoms with E-state index in [2.05, 4.69) is 20.3 Å². The Morgan fingerprint density at radius 3 is 2.79 bits per heavy atom. The number of thiophene rings is 1. The summed E-state index contributed by atoms with van der Waals surface area (Å²) >= 11 is 1.29.